The zero-order chi connectivity index (χ0) is 79.4. The lowest BCUT2D eigenvalue weighted by Gasteiger charge is -2.37. The number of hydrogen-bond donors (Lipinski definition) is 7. The number of alkyl halides is 2. The van der Waals surface area contributed by atoms with Crippen LogP contribution in [-0.2, 0) is 52.0 Å². The van der Waals surface area contributed by atoms with Gasteiger partial charge in [0.15, 0.2) is 0 Å². The van der Waals surface area contributed by atoms with E-state index in [1.165, 1.54) is 46.1 Å². The molecule has 27 nitrogen and oxygen atoms in total. The molecule has 0 aromatic carbocycles. The van der Waals surface area contributed by atoms with Crippen LogP contribution < -0.4 is 22.1 Å². The number of hydrogen-bond acceptors (Lipinski definition) is 23. The van der Waals surface area contributed by atoms with Gasteiger partial charge in [-0.15, -0.1) is 6.42 Å². The molecule has 30 heteroatoms. The highest BCUT2D eigenvalue weighted by Crippen LogP contribution is 2.47. The van der Waals surface area contributed by atoms with E-state index in [-0.39, 0.29) is 81.0 Å². The van der Waals surface area contributed by atoms with Crippen LogP contribution in [0.3, 0.4) is 0 Å². The summed E-state index contributed by atoms with van der Waals surface area (Å²) in [5.41, 5.74) is 15.9. The standard InChI is InChI=1S/C10H14N2O.2C9H14N2O2.C9H18N2O.C8H12Br2O2.C8H16N2O.C5H10N2O4P.C2H8N2.6C2H6/c1-3-8-4-5-9-10(13)11(2)6-7-12(8)9;1-10-4-5-11-7(6-12)2-3-8(11)9(10)13;1-6(12)7-2-3-8-9(13)10-4-5-11(7)8;1-10-4-5-11-8(6-10)2-3-9(11)7-12;1-5(11)7(9)3-4-8(10)6(2)12;11-6-8-2-1-7-5-9-3-4-10(7)8;1-4(8)5(7-6)12(9,10-2)11-3;3-1-2-4;6*1-2/h1,8-9H,4-7H2,2H3;6-8H,2-5H2,1H3;7-8H,2-5H2,1H3,(H,10,13);8-9,12H,2-7H2,1H3;7-8H,3-4H2,1-2H3;7-9,11H,1-6H2;6H,1-3H3;1-4H2;6*1-2H3/q;;;;;;+1;;;;;;;/t8-,9-;2*7-,8+;8-,9+;2*7-,8+;;;;;;;;/m0110.0......../s1. The Morgan fingerprint density at radius 1 is 0.627 bits per heavy atom. The monoisotopic (exact) mass is 1600 g/mol. The Morgan fingerprint density at radius 3 is 1.49 bits per heavy atom. The number of nitrogens with zero attached hydrogens (tertiary/aromatic N) is 9. The van der Waals surface area contributed by atoms with Crippen LogP contribution in [0.1, 0.15) is 188 Å². The minimum Gasteiger partial charge on any atom is -0.395 e. The first-order valence-electron chi connectivity index (χ1n) is 37.5. The van der Waals surface area contributed by atoms with E-state index < -0.39 is 18.8 Å². The van der Waals surface area contributed by atoms with Crippen LogP contribution in [0, 0.1) is 17.9 Å². The summed E-state index contributed by atoms with van der Waals surface area (Å²) in [6.07, 6.45) is 17.9. The van der Waals surface area contributed by atoms with Gasteiger partial charge in [-0.2, -0.15) is 0 Å². The summed E-state index contributed by atoms with van der Waals surface area (Å²) >= 11 is 6.48. The molecule has 102 heavy (non-hydrogen) atoms. The SMILES string of the molecule is C#C[C@H]1CC[C@H]2C(=O)N(C)CCN12.CC.CC.CC.CC.CC.CC.CC(=O)[C@H](Br)CC[C@H](Br)C(C)=O.CC(=O)[C@H]1CC[C@H]2C(=O)NCCN12.CN1CCN2[C@@H](C=O)CC[C@H]2C1=O.CN1CCN2[C@@H](CO)CC[C@H]2C1.COP(=O)(OC)C(=[N+]=N)C(C)=O.NCCN.OC[C@H]1CC[C@H]2CNCCN12. The van der Waals surface area contributed by atoms with Crippen LogP contribution in [0.4, 0.5) is 0 Å². The van der Waals surface area contributed by atoms with Crippen molar-refractivity contribution < 1.29 is 67.0 Å². The summed E-state index contributed by atoms with van der Waals surface area (Å²) in [4.78, 5) is 109. The number of likely N-dealkylation sites (N-methyl/N-ethyl adjacent to an activating group) is 3. The molecule has 0 unspecified atom stereocenters. The van der Waals surface area contributed by atoms with E-state index >= 15 is 0 Å². The Bertz CT molecular complexity index is 2450. The van der Waals surface area contributed by atoms with Gasteiger partial charge < -0.3 is 60.9 Å². The van der Waals surface area contributed by atoms with E-state index in [0.717, 1.165) is 137 Å². The number of rotatable bonds is 14. The Morgan fingerprint density at radius 2 is 1.07 bits per heavy atom. The molecule has 12 atom stereocenters. The minimum atomic E-state index is -3.63. The fourth-order valence-corrected chi connectivity index (χ4v) is 14.4. The predicted octanol–water partition coefficient (Wildman–Crippen LogP) is 6.36. The lowest BCUT2D eigenvalue weighted by atomic mass is 10.1. The Balaban J connectivity index is -0.000000531. The van der Waals surface area contributed by atoms with Crippen LogP contribution in [0.5, 0.6) is 0 Å². The normalized spacial score (nSPS) is 25.6. The molecule has 10 rings (SSSR count). The quantitative estimate of drug-likeness (QED) is 0.0189. The van der Waals surface area contributed by atoms with E-state index in [4.69, 9.17) is 33.6 Å². The van der Waals surface area contributed by atoms with Crippen molar-refractivity contribution >= 4 is 92.0 Å². The van der Waals surface area contributed by atoms with Crippen molar-refractivity contribution in [3.05, 3.63) is 0 Å². The molecule has 10 aliphatic rings. The maximum atomic E-state index is 11.7. The summed E-state index contributed by atoms with van der Waals surface area (Å²) < 4.78 is 20.3. The number of carbonyl (C=O) groups is 8. The molecule has 0 aromatic heterocycles. The number of aliphatic hydroxyl groups excluding tert-OH is 2. The van der Waals surface area contributed by atoms with Crippen LogP contribution >= 0.6 is 39.5 Å². The van der Waals surface area contributed by atoms with E-state index in [9.17, 15) is 42.9 Å². The molecule has 10 fully saturated rings. The lowest BCUT2D eigenvalue weighted by Crippen LogP contribution is -2.55. The number of nitrogens with two attached hydrogens (primary N) is 2. The van der Waals surface area contributed by atoms with E-state index in [0.29, 0.717) is 63.8 Å². The van der Waals surface area contributed by atoms with Crippen LogP contribution in [0.25, 0.3) is 0 Å². The maximum Gasteiger partial charge on any atom is 0.492 e. The third kappa shape index (κ3) is 35.4. The number of carbonyl (C=O) groups excluding carboxylic acids is 8. The molecule has 0 bridgehead atoms. The van der Waals surface area contributed by atoms with Gasteiger partial charge in [0.2, 0.25) is 17.7 Å². The van der Waals surface area contributed by atoms with Crippen LogP contribution in [0.15, 0.2) is 0 Å². The fraction of sp³-hybridized carbons (Fsp3) is 0.847. The van der Waals surface area contributed by atoms with Crippen molar-refractivity contribution in [1.82, 2.24) is 49.8 Å². The topological polar surface area (TPSA) is 353 Å². The molecular formula is C72H142Br2N14O13P+. The van der Waals surface area contributed by atoms with E-state index in [1.807, 2.05) is 107 Å². The van der Waals surface area contributed by atoms with Crippen molar-refractivity contribution in [2.45, 2.75) is 258 Å². The number of fused-ring (bicyclic) bond motifs is 5. The van der Waals surface area contributed by atoms with Gasteiger partial charge in [-0.1, -0.05) is 121 Å². The second kappa shape index (κ2) is 61.4. The Kier molecular flexibility index (Phi) is 63.0. The first-order chi connectivity index (χ1) is 48.8. The first-order valence-corrected chi connectivity index (χ1v) is 40.9. The highest BCUT2D eigenvalue weighted by Gasteiger charge is 2.46. The van der Waals surface area contributed by atoms with E-state index in [1.54, 1.807) is 16.7 Å². The van der Waals surface area contributed by atoms with Gasteiger partial charge >= 0.3 is 13.0 Å². The third-order valence-corrected chi connectivity index (χ3v) is 22.2. The van der Waals surface area contributed by atoms with Gasteiger partial charge in [0, 0.05) is 151 Å². The number of halogens is 2. The van der Waals surface area contributed by atoms with Crippen molar-refractivity contribution in [1.29, 1.82) is 5.53 Å². The second-order valence-corrected chi connectivity index (χ2v) is 28.4. The van der Waals surface area contributed by atoms with Gasteiger partial charge in [0.1, 0.15) is 23.6 Å². The first kappa shape index (κ1) is 105. The van der Waals surface area contributed by atoms with Gasteiger partial charge in [0.25, 0.3) is 5.78 Å². The smallest absolute Gasteiger partial charge is 0.395 e. The number of Topliss-reactive ketones (excluding diaryl/α,β-unsaturated/α-hetero) is 4. The molecule has 3 amide bonds. The van der Waals surface area contributed by atoms with Crippen LogP contribution in [0.2, 0.25) is 0 Å². The summed E-state index contributed by atoms with van der Waals surface area (Å²) in [7, 11) is 4.49. The molecular weight excluding hydrogens is 1460 g/mol. The average Bonchev–Trinajstić information content (AvgIpc) is 1.60. The fourth-order valence-electron chi connectivity index (χ4n) is 12.9. The molecule has 9 N–H and O–H groups in total. The summed E-state index contributed by atoms with van der Waals surface area (Å²) in [6, 6.07) is 2.55. The van der Waals surface area contributed by atoms with Crippen molar-refractivity contribution in [3.63, 3.8) is 0 Å². The highest BCUT2D eigenvalue weighted by atomic mass is 79.9. The minimum absolute atomic E-state index is 0.00366. The Hall–Kier alpha value is -3.63. The highest BCUT2D eigenvalue weighted by molar-refractivity contribution is 9.10. The molecule has 0 saturated carbocycles. The largest absolute Gasteiger partial charge is 0.492 e. The summed E-state index contributed by atoms with van der Waals surface area (Å²) in [5, 5.41) is 24.4. The molecule has 0 aromatic rings. The number of aldehydes is 1. The molecule has 10 heterocycles. The maximum absolute atomic E-state index is 11.7. The molecule has 0 aliphatic carbocycles. The number of aliphatic hydroxyl groups is 2. The number of terminal acetylenes is 1. The van der Waals surface area contributed by atoms with Gasteiger partial charge in [0.05, 0.1) is 69.4 Å². The van der Waals surface area contributed by atoms with Crippen molar-refractivity contribution in [2.24, 2.45) is 11.5 Å². The van der Waals surface area contributed by atoms with Gasteiger partial charge in [-0.05, 0) is 105 Å². The molecule has 0 radical (unpaired) electrons. The lowest BCUT2D eigenvalue weighted by molar-refractivity contribution is -0.140. The third-order valence-electron chi connectivity index (χ3n) is 18.1. The summed E-state index contributed by atoms with van der Waals surface area (Å²) in [6.45, 7) is 43.4. The number of amides is 3. The number of piperazine rings is 5. The Labute approximate surface area is 632 Å². The van der Waals surface area contributed by atoms with Gasteiger partial charge in [-0.25, -0.2) is 4.57 Å². The zero-order valence-electron chi connectivity index (χ0n) is 66.6. The molecule has 10 aliphatic heterocycles. The van der Waals surface area contributed by atoms with Crippen molar-refractivity contribution in [2.75, 3.05) is 140 Å². The average molecular weight is 1600 g/mol. The van der Waals surface area contributed by atoms with Crippen molar-refractivity contribution in [3.8, 4) is 12.3 Å². The predicted molar refractivity (Wildman–Crippen MR) is 418 cm³/mol. The zero-order valence-corrected chi connectivity index (χ0v) is 70.7. The summed E-state index contributed by atoms with van der Waals surface area (Å²) in [5.74, 6) is 3.07. The number of ketones is 4. The molecule has 596 valence electrons. The second-order valence-electron chi connectivity index (χ2n) is 24.1. The van der Waals surface area contributed by atoms with E-state index in [2.05, 4.69) is 88.9 Å². The van der Waals surface area contributed by atoms with Gasteiger partial charge in [-0.3, -0.25) is 58.1 Å². The molecule has 0 spiro atoms. The number of nitrogens with one attached hydrogen (secondary N) is 3. The van der Waals surface area contributed by atoms with Crippen LogP contribution in [-0.4, -0.2) is 317 Å². The molecule has 10 saturated heterocycles.